The van der Waals surface area contributed by atoms with E-state index < -0.39 is 17.3 Å². The Morgan fingerprint density at radius 1 is 1.22 bits per heavy atom. The molecule has 2 aromatic rings. The van der Waals surface area contributed by atoms with Gasteiger partial charge in [-0.2, -0.15) is 0 Å². The van der Waals surface area contributed by atoms with Crippen LogP contribution in [0.2, 0.25) is 5.02 Å². The van der Waals surface area contributed by atoms with Gasteiger partial charge in [0, 0.05) is 30.6 Å². The Morgan fingerprint density at radius 2 is 1.94 bits per heavy atom. The summed E-state index contributed by atoms with van der Waals surface area (Å²) in [7, 11) is 0. The fourth-order valence-electron chi connectivity index (χ4n) is 4.38. The van der Waals surface area contributed by atoms with E-state index in [0.29, 0.717) is 17.1 Å². The second-order valence-corrected chi connectivity index (χ2v) is 8.47. The third kappa shape index (κ3) is 3.71. The van der Waals surface area contributed by atoms with E-state index in [1.165, 1.54) is 28.9 Å². The highest BCUT2D eigenvalue weighted by Crippen LogP contribution is 2.37. The Bertz CT molecular complexity index is 1140. The number of benzene rings is 2. The van der Waals surface area contributed by atoms with Gasteiger partial charge < -0.3 is 9.80 Å². The van der Waals surface area contributed by atoms with Gasteiger partial charge in [0.05, 0.1) is 12.2 Å². The van der Waals surface area contributed by atoms with E-state index in [4.69, 9.17) is 18.0 Å². The summed E-state index contributed by atoms with van der Waals surface area (Å²) in [6.07, 6.45) is 5.60. The summed E-state index contributed by atoms with van der Waals surface area (Å²) < 4.78 is 14.8. The molecule has 0 aromatic heterocycles. The molecule has 3 amide bonds. The molecule has 0 aliphatic carbocycles. The molecule has 2 saturated heterocycles. The number of likely N-dealkylation sites (tertiary alicyclic amines) is 1. The molecule has 2 aliphatic heterocycles. The topological polar surface area (TPSA) is 60.9 Å². The van der Waals surface area contributed by atoms with Gasteiger partial charge in [-0.3, -0.25) is 19.3 Å². The minimum Gasteiger partial charge on any atom is -0.340 e. The largest absolute Gasteiger partial charge is 0.340 e. The van der Waals surface area contributed by atoms with Crippen molar-refractivity contribution in [3.8, 4) is 12.3 Å². The van der Waals surface area contributed by atoms with Crippen LogP contribution in [-0.4, -0.2) is 52.7 Å². The van der Waals surface area contributed by atoms with Crippen molar-refractivity contribution >= 4 is 35.0 Å². The van der Waals surface area contributed by atoms with Gasteiger partial charge in [0.25, 0.3) is 5.91 Å². The number of carbonyl (C=O) groups excluding carboxylic acids is 3. The van der Waals surface area contributed by atoms with E-state index in [2.05, 4.69) is 5.92 Å². The zero-order valence-corrected chi connectivity index (χ0v) is 18.2. The number of anilines is 1. The molecule has 1 atom stereocenters. The van der Waals surface area contributed by atoms with E-state index in [1.54, 1.807) is 29.2 Å². The first-order chi connectivity index (χ1) is 15.2. The number of amides is 3. The molecule has 0 radical (unpaired) electrons. The second kappa shape index (κ2) is 8.29. The highest BCUT2D eigenvalue weighted by Gasteiger charge is 2.56. The molecule has 2 aromatic carbocycles. The summed E-state index contributed by atoms with van der Waals surface area (Å²) in [5.41, 5.74) is -0.147. The Hall–Kier alpha value is -3.37. The maximum Gasteiger partial charge on any atom is 0.255 e. The molecular formula is C24H21ClFN3O3. The van der Waals surface area contributed by atoms with Crippen molar-refractivity contribution in [1.29, 1.82) is 0 Å². The molecule has 0 unspecified atom stereocenters. The molecule has 0 bridgehead atoms. The number of carbonyl (C=O) groups is 3. The molecule has 4 rings (SSSR count). The van der Waals surface area contributed by atoms with Crippen LogP contribution in [0.3, 0.4) is 0 Å². The number of piperazine rings is 1. The summed E-state index contributed by atoms with van der Waals surface area (Å²) in [5.74, 6) is 0.746. The minimum atomic E-state index is -1.28. The molecule has 1 spiro atoms. The van der Waals surface area contributed by atoms with Crippen LogP contribution in [0.15, 0.2) is 42.5 Å². The SMILES string of the molecule is C#Cc1ccc(N2CC(=O)N(Cc3ccc(Cl)cc3)[C@]3(CCN(C(C)=O)C3)C2=O)c(F)c1. The van der Waals surface area contributed by atoms with Crippen LogP contribution >= 0.6 is 11.6 Å². The van der Waals surface area contributed by atoms with Crippen molar-refractivity contribution in [3.63, 3.8) is 0 Å². The maximum atomic E-state index is 14.8. The predicted molar refractivity (Wildman–Crippen MR) is 118 cm³/mol. The highest BCUT2D eigenvalue weighted by atomic mass is 35.5. The normalized spacial score (nSPS) is 20.8. The summed E-state index contributed by atoms with van der Waals surface area (Å²) >= 11 is 5.97. The fourth-order valence-corrected chi connectivity index (χ4v) is 4.50. The molecule has 6 nitrogen and oxygen atoms in total. The van der Waals surface area contributed by atoms with Crippen LogP contribution in [0.1, 0.15) is 24.5 Å². The monoisotopic (exact) mass is 453 g/mol. The van der Waals surface area contributed by atoms with Gasteiger partial charge >= 0.3 is 0 Å². The zero-order chi connectivity index (χ0) is 23.0. The average Bonchev–Trinajstić information content (AvgIpc) is 3.22. The lowest BCUT2D eigenvalue weighted by atomic mass is 9.89. The van der Waals surface area contributed by atoms with Crippen LogP contribution in [0.4, 0.5) is 10.1 Å². The Balaban J connectivity index is 1.74. The Morgan fingerprint density at radius 3 is 2.53 bits per heavy atom. The molecule has 0 saturated carbocycles. The van der Waals surface area contributed by atoms with Crippen molar-refractivity contribution in [2.75, 3.05) is 24.5 Å². The van der Waals surface area contributed by atoms with Gasteiger partial charge in [-0.25, -0.2) is 4.39 Å². The summed E-state index contributed by atoms with van der Waals surface area (Å²) in [6, 6.07) is 11.1. The summed E-state index contributed by atoms with van der Waals surface area (Å²) in [5, 5.41) is 0.560. The van der Waals surface area contributed by atoms with E-state index >= 15 is 0 Å². The predicted octanol–water partition coefficient (Wildman–Crippen LogP) is 2.83. The zero-order valence-electron chi connectivity index (χ0n) is 17.5. The second-order valence-electron chi connectivity index (χ2n) is 8.03. The number of terminal acetylenes is 1. The van der Waals surface area contributed by atoms with Gasteiger partial charge in [-0.05, 0) is 42.3 Å². The van der Waals surface area contributed by atoms with Crippen LogP contribution in [0.5, 0.6) is 0 Å². The maximum absolute atomic E-state index is 14.8. The van der Waals surface area contributed by atoms with Gasteiger partial charge in [0.2, 0.25) is 11.8 Å². The molecule has 8 heteroatoms. The molecule has 2 heterocycles. The molecular weight excluding hydrogens is 433 g/mol. The smallest absolute Gasteiger partial charge is 0.255 e. The van der Waals surface area contributed by atoms with Gasteiger partial charge in [-0.15, -0.1) is 6.42 Å². The van der Waals surface area contributed by atoms with Gasteiger partial charge in [0.1, 0.15) is 17.9 Å². The third-order valence-electron chi connectivity index (χ3n) is 6.11. The lowest BCUT2D eigenvalue weighted by molar-refractivity contribution is -0.151. The lowest BCUT2D eigenvalue weighted by Crippen LogP contribution is -2.69. The fraction of sp³-hybridized carbons (Fsp3) is 0.292. The van der Waals surface area contributed by atoms with Crippen molar-refractivity contribution < 1.29 is 18.8 Å². The molecule has 2 fully saturated rings. The molecule has 2 aliphatic rings. The number of nitrogens with zero attached hydrogens (tertiary/aromatic N) is 3. The lowest BCUT2D eigenvalue weighted by Gasteiger charge is -2.47. The Labute approximate surface area is 190 Å². The van der Waals surface area contributed by atoms with Gasteiger partial charge in [0.15, 0.2) is 0 Å². The molecule has 32 heavy (non-hydrogen) atoms. The van der Waals surface area contributed by atoms with Crippen molar-refractivity contribution in [2.45, 2.75) is 25.4 Å². The number of rotatable bonds is 3. The standard InChI is InChI=1S/C24H21ClFN3O3/c1-3-17-6-9-21(20(26)12-17)28-14-22(31)29(13-18-4-7-19(25)8-5-18)24(23(28)32)10-11-27(15-24)16(2)30/h1,4-9,12H,10-11,13-15H2,2H3/t24-/m0/s1. The van der Waals surface area contributed by atoms with Gasteiger partial charge in [-0.1, -0.05) is 29.7 Å². The van der Waals surface area contributed by atoms with Crippen LogP contribution in [-0.2, 0) is 20.9 Å². The van der Waals surface area contributed by atoms with E-state index in [-0.39, 0.29) is 43.6 Å². The van der Waals surface area contributed by atoms with E-state index in [1.807, 2.05) is 0 Å². The number of hydrogen-bond acceptors (Lipinski definition) is 3. The van der Waals surface area contributed by atoms with Crippen LogP contribution in [0, 0.1) is 18.2 Å². The van der Waals surface area contributed by atoms with Crippen LogP contribution < -0.4 is 4.90 Å². The van der Waals surface area contributed by atoms with Crippen molar-refractivity contribution in [3.05, 3.63) is 64.4 Å². The quantitative estimate of drug-likeness (QED) is 0.671. The number of halogens is 2. The first kappa shape index (κ1) is 21.8. The van der Waals surface area contributed by atoms with E-state index in [9.17, 15) is 18.8 Å². The van der Waals surface area contributed by atoms with E-state index in [0.717, 1.165) is 11.6 Å². The molecule has 164 valence electrons. The summed E-state index contributed by atoms with van der Waals surface area (Å²) in [4.78, 5) is 43.4. The average molecular weight is 454 g/mol. The number of hydrogen-bond donors (Lipinski definition) is 0. The summed E-state index contributed by atoms with van der Waals surface area (Å²) in [6.45, 7) is 1.69. The first-order valence-electron chi connectivity index (χ1n) is 10.1. The van der Waals surface area contributed by atoms with Crippen molar-refractivity contribution in [2.24, 2.45) is 0 Å². The van der Waals surface area contributed by atoms with Crippen LogP contribution in [0.25, 0.3) is 0 Å². The van der Waals surface area contributed by atoms with Crippen molar-refractivity contribution in [1.82, 2.24) is 9.80 Å². The first-order valence-corrected chi connectivity index (χ1v) is 10.5. The third-order valence-corrected chi connectivity index (χ3v) is 6.36. The highest BCUT2D eigenvalue weighted by molar-refractivity contribution is 6.30. The Kier molecular flexibility index (Phi) is 5.66. The minimum absolute atomic E-state index is 0.00542. The molecule has 0 N–H and O–H groups in total.